The highest BCUT2D eigenvalue weighted by Crippen LogP contribution is 2.27. The molecule has 23 heavy (non-hydrogen) atoms. The van der Waals surface area contributed by atoms with Crippen molar-refractivity contribution >= 4 is 40.6 Å². The Hall–Kier alpha value is -2.05. The molecular formula is C16H15ClN2O3S. The van der Waals surface area contributed by atoms with Crippen LogP contribution in [-0.4, -0.2) is 16.6 Å². The van der Waals surface area contributed by atoms with Gasteiger partial charge in [0.05, 0.1) is 21.4 Å². The maximum Gasteiger partial charge on any atom is 0.271 e. The number of nitrogens with zero attached hydrogens (tertiary/aromatic N) is 1. The monoisotopic (exact) mass is 350 g/mol. The van der Waals surface area contributed by atoms with Crippen LogP contribution >= 0.6 is 23.4 Å². The Morgan fingerprint density at radius 3 is 2.61 bits per heavy atom. The summed E-state index contributed by atoms with van der Waals surface area (Å²) in [7, 11) is 0. The number of nitrogens with one attached hydrogen (secondary N) is 1. The van der Waals surface area contributed by atoms with E-state index in [9.17, 15) is 14.9 Å². The van der Waals surface area contributed by atoms with Crippen LogP contribution in [0.1, 0.15) is 11.1 Å². The fourth-order valence-corrected chi connectivity index (χ4v) is 3.04. The Labute approximate surface area is 143 Å². The quantitative estimate of drug-likeness (QED) is 0.486. The first-order valence-corrected chi connectivity index (χ1v) is 8.17. The topological polar surface area (TPSA) is 72.2 Å². The summed E-state index contributed by atoms with van der Waals surface area (Å²) in [6.45, 7) is 4.02. The third-order valence-corrected chi connectivity index (χ3v) is 4.62. The van der Waals surface area contributed by atoms with Crippen LogP contribution < -0.4 is 5.32 Å². The summed E-state index contributed by atoms with van der Waals surface area (Å²) in [5.41, 5.74) is 2.55. The van der Waals surface area contributed by atoms with Gasteiger partial charge in [-0.05, 0) is 31.5 Å². The van der Waals surface area contributed by atoms with E-state index in [4.69, 9.17) is 11.6 Å². The number of carbonyl (C=O) groups is 1. The number of amides is 1. The predicted octanol–water partition coefficient (Wildman–Crippen LogP) is 4.60. The smallest absolute Gasteiger partial charge is 0.271 e. The largest absolute Gasteiger partial charge is 0.324 e. The van der Waals surface area contributed by atoms with Gasteiger partial charge in [0.25, 0.3) is 5.69 Å². The second kappa shape index (κ2) is 7.48. The number of halogens is 1. The van der Waals surface area contributed by atoms with Gasteiger partial charge in [-0.3, -0.25) is 14.9 Å². The number of nitro benzene ring substituents is 1. The van der Waals surface area contributed by atoms with Gasteiger partial charge in [0.1, 0.15) is 0 Å². The molecule has 0 saturated heterocycles. The van der Waals surface area contributed by atoms with Crippen LogP contribution in [0, 0.1) is 24.0 Å². The van der Waals surface area contributed by atoms with Crippen molar-refractivity contribution in [3.05, 3.63) is 62.7 Å². The lowest BCUT2D eigenvalue weighted by Crippen LogP contribution is -2.14. The van der Waals surface area contributed by atoms with Gasteiger partial charge < -0.3 is 5.32 Å². The molecule has 2 aromatic rings. The summed E-state index contributed by atoms with van der Waals surface area (Å²) in [5.74, 6) is 0.0164. The summed E-state index contributed by atoms with van der Waals surface area (Å²) < 4.78 is 0. The van der Waals surface area contributed by atoms with Gasteiger partial charge in [0.2, 0.25) is 5.91 Å². The number of non-ortho nitro benzene ring substituents is 1. The first kappa shape index (κ1) is 17.3. The van der Waals surface area contributed by atoms with E-state index in [1.807, 2.05) is 26.0 Å². The molecule has 2 rings (SSSR count). The third-order valence-electron chi connectivity index (χ3n) is 3.13. The normalized spacial score (nSPS) is 10.4. The molecule has 0 aromatic heterocycles. The number of anilines is 1. The number of benzene rings is 2. The first-order valence-electron chi connectivity index (χ1n) is 6.80. The van der Waals surface area contributed by atoms with Crippen molar-refractivity contribution in [2.45, 2.75) is 18.7 Å². The standard InChI is InChI=1S/C16H15ClN2O3S/c1-10-3-6-15(11(2)7-10)23-9-16(20)18-14-5-4-12(19(21)22)8-13(14)17/h3-8H,9H2,1-2H3,(H,18,20). The maximum atomic E-state index is 12.0. The Kier molecular flexibility index (Phi) is 5.63. The van der Waals surface area contributed by atoms with E-state index in [1.54, 1.807) is 0 Å². The van der Waals surface area contributed by atoms with Crippen molar-refractivity contribution in [2.24, 2.45) is 0 Å². The zero-order valence-electron chi connectivity index (χ0n) is 12.6. The summed E-state index contributed by atoms with van der Waals surface area (Å²) in [6, 6.07) is 10.0. The minimum Gasteiger partial charge on any atom is -0.324 e. The first-order chi connectivity index (χ1) is 10.9. The number of carbonyl (C=O) groups excluding carboxylic acids is 1. The molecule has 0 heterocycles. The molecule has 0 fully saturated rings. The molecule has 0 aliphatic carbocycles. The predicted molar refractivity (Wildman–Crippen MR) is 93.4 cm³/mol. The number of nitro groups is 1. The highest BCUT2D eigenvalue weighted by Gasteiger charge is 2.12. The molecule has 0 saturated carbocycles. The number of thioether (sulfide) groups is 1. The molecule has 0 spiro atoms. The van der Waals surface area contributed by atoms with Gasteiger partial charge in [-0.2, -0.15) is 0 Å². The van der Waals surface area contributed by atoms with E-state index in [1.165, 1.54) is 35.5 Å². The maximum absolute atomic E-state index is 12.0. The molecule has 0 atom stereocenters. The highest BCUT2D eigenvalue weighted by molar-refractivity contribution is 8.00. The van der Waals surface area contributed by atoms with Gasteiger partial charge in [-0.25, -0.2) is 0 Å². The van der Waals surface area contributed by atoms with Crippen molar-refractivity contribution in [1.29, 1.82) is 0 Å². The van der Waals surface area contributed by atoms with E-state index < -0.39 is 4.92 Å². The fraction of sp³-hybridized carbons (Fsp3) is 0.188. The second-order valence-corrected chi connectivity index (χ2v) is 6.45. The molecule has 0 unspecified atom stereocenters. The van der Waals surface area contributed by atoms with Crippen LogP contribution in [0.4, 0.5) is 11.4 Å². The van der Waals surface area contributed by atoms with Crippen molar-refractivity contribution in [2.75, 3.05) is 11.1 Å². The van der Waals surface area contributed by atoms with Gasteiger partial charge >= 0.3 is 0 Å². The van der Waals surface area contributed by atoms with Gasteiger partial charge in [0, 0.05) is 17.0 Å². The molecule has 0 aliphatic rings. The number of hydrogen-bond acceptors (Lipinski definition) is 4. The van der Waals surface area contributed by atoms with E-state index >= 15 is 0 Å². The zero-order valence-corrected chi connectivity index (χ0v) is 14.2. The summed E-state index contributed by atoms with van der Waals surface area (Å²) in [4.78, 5) is 23.2. The average Bonchev–Trinajstić information content (AvgIpc) is 2.48. The Morgan fingerprint density at radius 1 is 1.26 bits per heavy atom. The van der Waals surface area contributed by atoms with E-state index in [2.05, 4.69) is 11.4 Å². The van der Waals surface area contributed by atoms with Crippen LogP contribution in [-0.2, 0) is 4.79 Å². The average molecular weight is 351 g/mol. The molecule has 1 amide bonds. The lowest BCUT2D eigenvalue weighted by Gasteiger charge is -2.08. The Balaban J connectivity index is 1.98. The molecule has 120 valence electrons. The minimum absolute atomic E-state index is 0.113. The molecular weight excluding hydrogens is 336 g/mol. The molecule has 2 aromatic carbocycles. The van der Waals surface area contributed by atoms with Crippen molar-refractivity contribution < 1.29 is 9.72 Å². The molecule has 5 nitrogen and oxygen atoms in total. The van der Waals surface area contributed by atoms with Crippen molar-refractivity contribution in [3.8, 4) is 0 Å². The van der Waals surface area contributed by atoms with Gasteiger partial charge in [-0.1, -0.05) is 29.3 Å². The summed E-state index contributed by atoms with van der Waals surface area (Å²) in [6.07, 6.45) is 0. The lowest BCUT2D eigenvalue weighted by atomic mass is 10.2. The SMILES string of the molecule is Cc1ccc(SCC(=O)Nc2ccc([N+](=O)[O-])cc2Cl)c(C)c1. The Bertz CT molecular complexity index is 765. The number of aryl methyl sites for hydroxylation is 2. The van der Waals surface area contributed by atoms with E-state index in [0.717, 1.165) is 10.5 Å². The zero-order chi connectivity index (χ0) is 17.0. The van der Waals surface area contributed by atoms with Crippen LogP contribution in [0.15, 0.2) is 41.3 Å². The van der Waals surface area contributed by atoms with Crippen LogP contribution in [0.25, 0.3) is 0 Å². The highest BCUT2D eigenvalue weighted by atomic mass is 35.5. The van der Waals surface area contributed by atoms with Gasteiger partial charge in [-0.15, -0.1) is 11.8 Å². The van der Waals surface area contributed by atoms with Crippen LogP contribution in [0.2, 0.25) is 5.02 Å². The fourth-order valence-electron chi connectivity index (χ4n) is 2.01. The van der Waals surface area contributed by atoms with Crippen LogP contribution in [0.3, 0.4) is 0 Å². The Morgan fingerprint density at radius 2 is 2.00 bits per heavy atom. The molecule has 0 radical (unpaired) electrons. The molecule has 1 N–H and O–H groups in total. The van der Waals surface area contributed by atoms with Crippen molar-refractivity contribution in [1.82, 2.24) is 0 Å². The van der Waals surface area contributed by atoms with Gasteiger partial charge in [0.15, 0.2) is 0 Å². The number of rotatable bonds is 5. The number of hydrogen-bond donors (Lipinski definition) is 1. The summed E-state index contributed by atoms with van der Waals surface area (Å²) >= 11 is 7.39. The second-order valence-electron chi connectivity index (χ2n) is 5.03. The summed E-state index contributed by atoms with van der Waals surface area (Å²) in [5, 5.41) is 13.5. The van der Waals surface area contributed by atoms with Crippen LogP contribution in [0.5, 0.6) is 0 Å². The molecule has 0 aliphatic heterocycles. The minimum atomic E-state index is -0.534. The lowest BCUT2D eigenvalue weighted by molar-refractivity contribution is -0.384. The van der Waals surface area contributed by atoms with E-state index in [-0.39, 0.29) is 22.4 Å². The third kappa shape index (κ3) is 4.71. The molecule has 0 bridgehead atoms. The van der Waals surface area contributed by atoms with Crippen molar-refractivity contribution in [3.63, 3.8) is 0 Å². The molecule has 7 heteroatoms. The van der Waals surface area contributed by atoms with E-state index in [0.29, 0.717) is 5.69 Å².